The minimum absolute atomic E-state index is 0. The lowest BCUT2D eigenvalue weighted by Gasteiger charge is -2.23. The van der Waals surface area contributed by atoms with Crippen LogP contribution in [0.2, 0.25) is 0 Å². The second kappa shape index (κ2) is 14.3. The van der Waals surface area contributed by atoms with Crippen molar-refractivity contribution in [3.63, 3.8) is 0 Å². The van der Waals surface area contributed by atoms with Crippen LogP contribution in [0.4, 0.5) is 0 Å². The zero-order valence-electron chi connectivity index (χ0n) is 20.3. The maximum atomic E-state index is 6.13. The van der Waals surface area contributed by atoms with E-state index in [2.05, 4.69) is 16.8 Å². The van der Waals surface area contributed by atoms with Crippen molar-refractivity contribution in [2.75, 3.05) is 39.6 Å². The molecule has 8 heteroatoms. The molecular weight excluding hydrogens is 480 g/mol. The molecular formula is C28H31ClN2O5. The Kier molecular flexibility index (Phi) is 10.9. The van der Waals surface area contributed by atoms with E-state index in [1.165, 1.54) is 0 Å². The SMILES string of the molecule is Cc1c(OCc2ccccc2)cc(OCC2COCCO2)nc1C#Cc1ccc(OCCN)cc1.Cl. The van der Waals surface area contributed by atoms with Crippen LogP contribution < -0.4 is 19.9 Å². The van der Waals surface area contributed by atoms with Gasteiger partial charge in [0.15, 0.2) is 0 Å². The summed E-state index contributed by atoms with van der Waals surface area (Å²) in [5.41, 5.74) is 8.85. The van der Waals surface area contributed by atoms with Gasteiger partial charge in [0.25, 0.3) is 0 Å². The Bertz CT molecular complexity index is 1140. The molecule has 7 nitrogen and oxygen atoms in total. The van der Waals surface area contributed by atoms with Crippen LogP contribution in [0.25, 0.3) is 0 Å². The van der Waals surface area contributed by atoms with E-state index in [4.69, 9.17) is 29.4 Å². The van der Waals surface area contributed by atoms with Crippen molar-refractivity contribution < 1.29 is 23.7 Å². The standard InChI is InChI=1S/C28H30N2O5.ClH/c1-21-26(12-9-22-7-10-24(11-8-22)32-14-13-29)30-28(35-20-25-19-31-15-16-33-25)17-27(21)34-18-23-5-3-2-4-6-23;/h2-8,10-11,17,25H,13-16,18-20,29H2,1H3;1H. The third-order valence-electron chi connectivity index (χ3n) is 5.31. The Labute approximate surface area is 218 Å². The normalized spacial score (nSPS) is 14.7. The number of pyridine rings is 1. The van der Waals surface area contributed by atoms with Crippen LogP contribution in [-0.2, 0) is 16.1 Å². The largest absolute Gasteiger partial charge is 0.492 e. The number of hydrogen-bond acceptors (Lipinski definition) is 7. The van der Waals surface area contributed by atoms with Crippen molar-refractivity contribution in [3.05, 3.63) is 83.0 Å². The van der Waals surface area contributed by atoms with Gasteiger partial charge in [0.2, 0.25) is 5.88 Å². The molecule has 0 aliphatic carbocycles. The second-order valence-corrected chi connectivity index (χ2v) is 8.00. The Hall–Kier alpha value is -3.28. The first-order valence-corrected chi connectivity index (χ1v) is 11.7. The van der Waals surface area contributed by atoms with Gasteiger partial charge in [0.05, 0.1) is 19.8 Å². The summed E-state index contributed by atoms with van der Waals surface area (Å²) in [5, 5.41) is 0. The molecule has 1 atom stereocenters. The highest BCUT2D eigenvalue weighted by Gasteiger charge is 2.17. The Balaban J connectivity index is 0.00000361. The first-order chi connectivity index (χ1) is 17.2. The summed E-state index contributed by atoms with van der Waals surface area (Å²) in [6.07, 6.45) is -0.130. The van der Waals surface area contributed by atoms with E-state index in [9.17, 15) is 0 Å². The number of ether oxygens (including phenoxy) is 5. The summed E-state index contributed by atoms with van der Waals surface area (Å²) in [5.74, 6) is 8.21. The lowest BCUT2D eigenvalue weighted by Crippen LogP contribution is -2.33. The van der Waals surface area contributed by atoms with Gasteiger partial charge in [-0.2, -0.15) is 0 Å². The fourth-order valence-corrected chi connectivity index (χ4v) is 3.40. The monoisotopic (exact) mass is 510 g/mol. The topological polar surface area (TPSA) is 85.1 Å². The van der Waals surface area contributed by atoms with Crippen LogP contribution in [0.5, 0.6) is 17.4 Å². The average Bonchev–Trinajstić information content (AvgIpc) is 2.91. The zero-order valence-corrected chi connectivity index (χ0v) is 21.1. The first kappa shape index (κ1) is 27.3. The number of benzene rings is 2. The zero-order chi connectivity index (χ0) is 24.3. The van der Waals surface area contributed by atoms with Crippen molar-refractivity contribution in [1.29, 1.82) is 0 Å². The van der Waals surface area contributed by atoms with E-state index < -0.39 is 0 Å². The minimum Gasteiger partial charge on any atom is -0.492 e. The van der Waals surface area contributed by atoms with Crippen molar-refractivity contribution >= 4 is 12.4 Å². The molecule has 1 aliphatic heterocycles. The maximum Gasteiger partial charge on any atom is 0.218 e. The van der Waals surface area contributed by atoms with E-state index in [1.807, 2.05) is 61.5 Å². The number of nitrogens with zero attached hydrogens (tertiary/aromatic N) is 1. The molecule has 0 spiro atoms. The minimum atomic E-state index is -0.130. The summed E-state index contributed by atoms with van der Waals surface area (Å²) in [6.45, 7) is 5.34. The third-order valence-corrected chi connectivity index (χ3v) is 5.31. The average molecular weight is 511 g/mol. The van der Waals surface area contributed by atoms with Gasteiger partial charge < -0.3 is 29.4 Å². The van der Waals surface area contributed by atoms with E-state index in [-0.39, 0.29) is 18.5 Å². The van der Waals surface area contributed by atoms with E-state index in [0.717, 1.165) is 22.4 Å². The molecule has 1 fully saturated rings. The van der Waals surface area contributed by atoms with Crippen LogP contribution in [0.15, 0.2) is 60.7 Å². The van der Waals surface area contributed by atoms with E-state index in [1.54, 1.807) is 6.07 Å². The molecule has 1 saturated heterocycles. The van der Waals surface area contributed by atoms with Crippen molar-refractivity contribution in [2.45, 2.75) is 19.6 Å². The maximum absolute atomic E-state index is 6.13. The van der Waals surface area contributed by atoms with Crippen LogP contribution >= 0.6 is 12.4 Å². The van der Waals surface area contributed by atoms with Gasteiger partial charge in [0.1, 0.15) is 43.1 Å². The summed E-state index contributed by atoms with van der Waals surface area (Å²) >= 11 is 0. The number of hydrogen-bond donors (Lipinski definition) is 1. The van der Waals surface area contributed by atoms with Gasteiger partial charge >= 0.3 is 0 Å². The Morgan fingerprint density at radius 1 is 1.00 bits per heavy atom. The van der Waals surface area contributed by atoms with Crippen LogP contribution in [0, 0.1) is 18.8 Å². The fourth-order valence-electron chi connectivity index (χ4n) is 3.40. The third kappa shape index (κ3) is 8.14. The van der Waals surface area contributed by atoms with Gasteiger partial charge in [-0.25, -0.2) is 4.98 Å². The summed E-state index contributed by atoms with van der Waals surface area (Å²) in [6, 6.07) is 19.4. The molecule has 0 bridgehead atoms. The molecule has 0 saturated carbocycles. The van der Waals surface area contributed by atoms with Crippen molar-refractivity contribution in [3.8, 4) is 29.2 Å². The molecule has 36 heavy (non-hydrogen) atoms. The van der Waals surface area contributed by atoms with Gasteiger partial charge in [0, 0.05) is 23.7 Å². The number of halogens is 1. The molecule has 0 amide bonds. The number of aromatic nitrogens is 1. The smallest absolute Gasteiger partial charge is 0.218 e. The van der Waals surface area contributed by atoms with Crippen molar-refractivity contribution in [2.24, 2.45) is 5.73 Å². The summed E-state index contributed by atoms with van der Waals surface area (Å²) in [7, 11) is 0. The van der Waals surface area contributed by atoms with Gasteiger partial charge in [-0.1, -0.05) is 36.3 Å². The van der Waals surface area contributed by atoms with Gasteiger partial charge in [-0.3, -0.25) is 0 Å². The second-order valence-electron chi connectivity index (χ2n) is 8.00. The molecule has 2 N–H and O–H groups in total. The molecule has 2 heterocycles. The summed E-state index contributed by atoms with van der Waals surface area (Å²) in [4.78, 5) is 4.63. The number of rotatable bonds is 9. The lowest BCUT2D eigenvalue weighted by molar-refractivity contribution is -0.102. The first-order valence-electron chi connectivity index (χ1n) is 11.7. The van der Waals surface area contributed by atoms with Crippen molar-refractivity contribution in [1.82, 2.24) is 4.98 Å². The van der Waals surface area contributed by atoms with Gasteiger partial charge in [-0.15, -0.1) is 12.4 Å². The highest BCUT2D eigenvalue weighted by Crippen LogP contribution is 2.26. The van der Waals surface area contributed by atoms with Crippen LogP contribution in [0.1, 0.15) is 22.4 Å². The molecule has 1 aliphatic rings. The molecule has 1 unspecified atom stereocenters. The van der Waals surface area contributed by atoms with Crippen LogP contribution in [-0.4, -0.2) is 50.7 Å². The molecule has 2 aromatic carbocycles. The molecule has 4 rings (SSSR count). The van der Waals surface area contributed by atoms with E-state index >= 15 is 0 Å². The van der Waals surface area contributed by atoms with E-state index in [0.29, 0.717) is 63.5 Å². The number of nitrogens with two attached hydrogens (primary N) is 1. The quantitative estimate of drug-likeness (QED) is 0.437. The fraction of sp³-hybridized carbons (Fsp3) is 0.321. The lowest BCUT2D eigenvalue weighted by atomic mass is 10.1. The predicted molar refractivity (Wildman–Crippen MR) is 140 cm³/mol. The predicted octanol–water partition coefficient (Wildman–Crippen LogP) is 3.92. The van der Waals surface area contributed by atoms with Gasteiger partial charge in [-0.05, 0) is 42.7 Å². The molecule has 3 aromatic rings. The Morgan fingerprint density at radius 2 is 1.81 bits per heavy atom. The molecule has 0 radical (unpaired) electrons. The highest BCUT2D eigenvalue weighted by molar-refractivity contribution is 5.85. The summed E-state index contributed by atoms with van der Waals surface area (Å²) < 4.78 is 28.7. The Morgan fingerprint density at radius 3 is 2.53 bits per heavy atom. The highest BCUT2D eigenvalue weighted by atomic mass is 35.5. The molecule has 1 aromatic heterocycles. The molecule has 190 valence electrons. The van der Waals surface area contributed by atoms with Crippen LogP contribution in [0.3, 0.4) is 0 Å².